The first-order valence-electron chi connectivity index (χ1n) is 7.73. The highest BCUT2D eigenvalue weighted by Crippen LogP contribution is 2.35. The van der Waals surface area contributed by atoms with Crippen LogP contribution in [-0.4, -0.2) is 17.1 Å². The van der Waals surface area contributed by atoms with Crippen molar-refractivity contribution in [1.29, 1.82) is 0 Å². The van der Waals surface area contributed by atoms with Gasteiger partial charge in [0.25, 0.3) is 0 Å². The maximum absolute atomic E-state index is 13.3. The van der Waals surface area contributed by atoms with Crippen LogP contribution in [0.4, 0.5) is 36.3 Å². The molecule has 0 amide bonds. The first kappa shape index (κ1) is 19.0. The molecular weight excluding hydrogens is 425 g/mol. The Balaban J connectivity index is 1.94. The number of nitrogens with zero attached hydrogens (tertiary/aromatic N) is 2. The molecule has 0 radical (unpaired) electrons. The van der Waals surface area contributed by atoms with E-state index in [0.717, 1.165) is 10.7 Å². The molecule has 0 atom stereocenters. The monoisotopic (exact) mass is 438 g/mol. The minimum atomic E-state index is -4.60. The van der Waals surface area contributed by atoms with Gasteiger partial charge in [-0.15, -0.1) is 0 Å². The van der Waals surface area contributed by atoms with Gasteiger partial charge < -0.3 is 15.4 Å². The Morgan fingerprint density at radius 3 is 2.41 bits per heavy atom. The molecule has 2 aromatic carbocycles. The first-order chi connectivity index (χ1) is 12.8. The minimum absolute atomic E-state index is 0.0377. The predicted octanol–water partition coefficient (Wildman–Crippen LogP) is 5.75. The second-order valence-corrected chi connectivity index (χ2v) is 6.36. The number of hydrogen-bond donors (Lipinski definition) is 2. The molecule has 0 aliphatic rings. The molecule has 0 fully saturated rings. The van der Waals surface area contributed by atoms with Gasteiger partial charge in [0.1, 0.15) is 17.1 Å². The lowest BCUT2D eigenvalue weighted by atomic mass is 10.2. The molecule has 0 saturated carbocycles. The van der Waals surface area contributed by atoms with E-state index in [1.807, 2.05) is 0 Å². The molecule has 1 aromatic heterocycles. The summed E-state index contributed by atoms with van der Waals surface area (Å²) in [5.74, 6) is 0.192. The van der Waals surface area contributed by atoms with E-state index >= 15 is 0 Å². The average Bonchev–Trinajstić information content (AvgIpc) is 2.63. The molecule has 27 heavy (non-hydrogen) atoms. The van der Waals surface area contributed by atoms with Crippen molar-refractivity contribution in [3.8, 4) is 5.75 Å². The largest absolute Gasteiger partial charge is 0.497 e. The molecule has 3 aromatic rings. The number of aromatic nitrogens is 2. The van der Waals surface area contributed by atoms with Crippen LogP contribution >= 0.6 is 15.9 Å². The summed E-state index contributed by atoms with van der Waals surface area (Å²) in [6.45, 7) is 0. The summed E-state index contributed by atoms with van der Waals surface area (Å²) < 4.78 is 46.0. The van der Waals surface area contributed by atoms with E-state index in [0.29, 0.717) is 17.1 Å². The highest BCUT2D eigenvalue weighted by Gasteiger charge is 2.35. The van der Waals surface area contributed by atoms with Crippen LogP contribution in [0.15, 0.2) is 59.2 Å². The Morgan fingerprint density at radius 1 is 1.00 bits per heavy atom. The summed E-state index contributed by atoms with van der Waals surface area (Å²) >= 11 is 3.32. The molecule has 0 bridgehead atoms. The second kappa shape index (κ2) is 7.83. The van der Waals surface area contributed by atoms with Gasteiger partial charge in [-0.3, -0.25) is 0 Å². The summed E-state index contributed by atoms with van der Waals surface area (Å²) in [7, 11) is 1.48. The molecule has 9 heteroatoms. The quantitative estimate of drug-likeness (QED) is 0.530. The Kier molecular flexibility index (Phi) is 5.50. The summed E-state index contributed by atoms with van der Waals surface area (Å²) in [4.78, 5) is 7.78. The van der Waals surface area contributed by atoms with Crippen LogP contribution in [0.2, 0.25) is 0 Å². The zero-order chi connectivity index (χ0) is 19.4. The number of alkyl halides is 3. The van der Waals surface area contributed by atoms with Gasteiger partial charge in [0, 0.05) is 28.1 Å². The van der Waals surface area contributed by atoms with Crippen LogP contribution in [0.1, 0.15) is 5.56 Å². The van der Waals surface area contributed by atoms with Gasteiger partial charge in [-0.05, 0) is 36.4 Å². The molecule has 140 valence electrons. The lowest BCUT2D eigenvalue weighted by Crippen LogP contribution is -2.12. The van der Waals surface area contributed by atoms with Crippen molar-refractivity contribution in [2.75, 3.05) is 17.7 Å². The Bertz CT molecular complexity index is 933. The Labute approximate surface area is 161 Å². The molecule has 0 aliphatic carbocycles. The van der Waals surface area contributed by atoms with Crippen LogP contribution in [0.25, 0.3) is 0 Å². The van der Waals surface area contributed by atoms with Crippen molar-refractivity contribution in [1.82, 2.24) is 9.97 Å². The number of methoxy groups -OCH3 is 1. The summed E-state index contributed by atoms with van der Waals surface area (Å²) in [6, 6.07) is 13.6. The van der Waals surface area contributed by atoms with Crippen molar-refractivity contribution < 1.29 is 17.9 Å². The molecule has 0 unspecified atom stereocenters. The van der Waals surface area contributed by atoms with E-state index in [1.165, 1.54) is 7.11 Å². The van der Waals surface area contributed by atoms with Crippen molar-refractivity contribution in [2.45, 2.75) is 6.18 Å². The number of halogens is 4. The smallest absolute Gasteiger partial charge is 0.421 e. The lowest BCUT2D eigenvalue weighted by molar-refractivity contribution is -0.137. The zero-order valence-corrected chi connectivity index (χ0v) is 15.6. The molecule has 0 aliphatic heterocycles. The van der Waals surface area contributed by atoms with Gasteiger partial charge in [-0.1, -0.05) is 22.0 Å². The highest BCUT2D eigenvalue weighted by atomic mass is 79.9. The topological polar surface area (TPSA) is 59.1 Å². The van der Waals surface area contributed by atoms with Crippen molar-refractivity contribution in [3.05, 3.63) is 64.8 Å². The predicted molar refractivity (Wildman–Crippen MR) is 101 cm³/mol. The van der Waals surface area contributed by atoms with Crippen molar-refractivity contribution in [2.24, 2.45) is 0 Å². The standard InChI is InChI=1S/C18H14BrF3N4O/c1-27-14-4-2-3-13(9-14)24-16-15(18(20,21)22)10-23-17(26-16)25-12-7-5-11(19)6-8-12/h2-10H,1H3,(H2,23,24,25,26). The maximum atomic E-state index is 13.3. The van der Waals surface area contributed by atoms with E-state index in [-0.39, 0.29) is 11.8 Å². The summed E-state index contributed by atoms with van der Waals surface area (Å²) in [5.41, 5.74) is 0.0881. The van der Waals surface area contributed by atoms with Crippen LogP contribution in [0.5, 0.6) is 5.75 Å². The zero-order valence-electron chi connectivity index (χ0n) is 14.0. The maximum Gasteiger partial charge on any atom is 0.421 e. The first-order valence-corrected chi connectivity index (χ1v) is 8.52. The van der Waals surface area contributed by atoms with Gasteiger partial charge >= 0.3 is 6.18 Å². The molecule has 0 saturated heterocycles. The fourth-order valence-electron chi connectivity index (χ4n) is 2.24. The summed E-state index contributed by atoms with van der Waals surface area (Å²) in [5, 5.41) is 5.57. The molecule has 3 rings (SSSR count). The molecular formula is C18H14BrF3N4O. The van der Waals surface area contributed by atoms with Crippen LogP contribution in [-0.2, 0) is 6.18 Å². The number of rotatable bonds is 5. The Morgan fingerprint density at radius 2 is 1.74 bits per heavy atom. The van der Waals surface area contributed by atoms with E-state index in [1.54, 1.807) is 48.5 Å². The SMILES string of the molecule is COc1cccc(Nc2nc(Nc3ccc(Br)cc3)ncc2C(F)(F)F)c1. The van der Waals surface area contributed by atoms with Crippen molar-refractivity contribution >= 4 is 39.1 Å². The number of benzene rings is 2. The number of hydrogen-bond acceptors (Lipinski definition) is 5. The second-order valence-electron chi connectivity index (χ2n) is 5.44. The molecule has 0 spiro atoms. The van der Waals surface area contributed by atoms with Gasteiger partial charge in [0.15, 0.2) is 0 Å². The summed E-state index contributed by atoms with van der Waals surface area (Å²) in [6.07, 6.45) is -3.85. The number of nitrogens with one attached hydrogen (secondary N) is 2. The minimum Gasteiger partial charge on any atom is -0.497 e. The fraction of sp³-hybridized carbons (Fsp3) is 0.111. The van der Waals surface area contributed by atoms with E-state index < -0.39 is 11.7 Å². The van der Waals surface area contributed by atoms with E-state index in [2.05, 4.69) is 36.5 Å². The lowest BCUT2D eigenvalue weighted by Gasteiger charge is -2.15. The molecule has 5 nitrogen and oxygen atoms in total. The fourth-order valence-corrected chi connectivity index (χ4v) is 2.51. The highest BCUT2D eigenvalue weighted by molar-refractivity contribution is 9.10. The third-order valence-electron chi connectivity index (χ3n) is 3.53. The normalized spacial score (nSPS) is 11.1. The number of ether oxygens (including phenoxy) is 1. The van der Waals surface area contributed by atoms with Crippen LogP contribution in [0.3, 0.4) is 0 Å². The van der Waals surface area contributed by atoms with Crippen LogP contribution < -0.4 is 15.4 Å². The van der Waals surface area contributed by atoms with Crippen molar-refractivity contribution in [3.63, 3.8) is 0 Å². The van der Waals surface area contributed by atoms with E-state index in [9.17, 15) is 13.2 Å². The molecule has 2 N–H and O–H groups in total. The van der Waals surface area contributed by atoms with Gasteiger partial charge in [0.2, 0.25) is 5.95 Å². The van der Waals surface area contributed by atoms with Gasteiger partial charge in [0.05, 0.1) is 7.11 Å². The number of anilines is 4. The van der Waals surface area contributed by atoms with Gasteiger partial charge in [-0.2, -0.15) is 18.2 Å². The third-order valence-corrected chi connectivity index (χ3v) is 4.06. The van der Waals surface area contributed by atoms with Gasteiger partial charge in [-0.25, -0.2) is 4.98 Å². The Hall–Kier alpha value is -2.81. The van der Waals surface area contributed by atoms with Crippen LogP contribution in [0, 0.1) is 0 Å². The average molecular weight is 439 g/mol. The third kappa shape index (κ3) is 4.88. The van der Waals surface area contributed by atoms with E-state index in [4.69, 9.17) is 4.74 Å². The molecule has 1 heterocycles.